The van der Waals surface area contributed by atoms with Crippen molar-refractivity contribution in [3.05, 3.63) is 113 Å². The van der Waals surface area contributed by atoms with Crippen LogP contribution in [0, 0.1) is 6.92 Å². The average molecular weight is 601 g/mol. The van der Waals surface area contributed by atoms with Crippen LogP contribution in [0.1, 0.15) is 39.5 Å². The highest BCUT2D eigenvalue weighted by Gasteiger charge is 2.32. The van der Waals surface area contributed by atoms with Gasteiger partial charge in [0, 0.05) is 42.8 Å². The van der Waals surface area contributed by atoms with Gasteiger partial charge in [-0.15, -0.1) is 0 Å². The molecule has 0 atom stereocenters. The van der Waals surface area contributed by atoms with Crippen LogP contribution < -0.4 is 20.9 Å². The maximum absolute atomic E-state index is 14.1. The zero-order valence-electron chi connectivity index (χ0n) is 23.9. The van der Waals surface area contributed by atoms with Gasteiger partial charge >= 0.3 is 0 Å². The number of likely N-dealkylation sites (N-methyl/N-ethyl adjacent to an activating group) is 1. The monoisotopic (exact) mass is 600 g/mol. The quantitative estimate of drug-likeness (QED) is 0.103. The van der Waals surface area contributed by atoms with Gasteiger partial charge in [0.2, 0.25) is 9.84 Å². The van der Waals surface area contributed by atoms with Crippen molar-refractivity contribution in [1.29, 1.82) is 0 Å². The number of hydrogen-bond donors (Lipinski definition) is 3. The van der Waals surface area contributed by atoms with Crippen molar-refractivity contribution >= 4 is 39.1 Å². The van der Waals surface area contributed by atoms with Gasteiger partial charge in [0.15, 0.2) is 0 Å². The number of hydroxylamine groups is 1. The highest BCUT2D eigenvalue weighted by Crippen LogP contribution is 2.38. The Morgan fingerprint density at radius 3 is 2.35 bits per heavy atom. The number of sulfone groups is 1. The van der Waals surface area contributed by atoms with Crippen molar-refractivity contribution in [2.24, 2.45) is 0 Å². The second-order valence-electron chi connectivity index (χ2n) is 9.54. The summed E-state index contributed by atoms with van der Waals surface area (Å²) < 4.78 is 33.3. The number of ether oxygens (including phenoxy) is 1. The molecule has 10 nitrogen and oxygen atoms in total. The van der Waals surface area contributed by atoms with Crippen LogP contribution in [-0.4, -0.2) is 44.1 Å². The molecular formula is C32H32N4O6S. The largest absolute Gasteiger partial charge is 0.497 e. The average Bonchev–Trinajstić information content (AvgIpc) is 3.03. The van der Waals surface area contributed by atoms with E-state index >= 15 is 0 Å². The van der Waals surface area contributed by atoms with Crippen LogP contribution >= 0.6 is 0 Å². The Morgan fingerprint density at radius 1 is 1.07 bits per heavy atom. The summed E-state index contributed by atoms with van der Waals surface area (Å²) in [5.41, 5.74) is 9.95. The molecule has 222 valence electrons. The predicted molar refractivity (Wildman–Crippen MR) is 164 cm³/mol. The van der Waals surface area contributed by atoms with Crippen LogP contribution in [0.2, 0.25) is 0 Å². The summed E-state index contributed by atoms with van der Waals surface area (Å²) in [5.74, 6) is -1.04. The van der Waals surface area contributed by atoms with Crippen molar-refractivity contribution < 1.29 is 28.0 Å². The number of rotatable bonds is 10. The Kier molecular flexibility index (Phi) is 9.59. The van der Waals surface area contributed by atoms with Crippen LogP contribution in [-0.2, 0) is 21.1 Å². The molecule has 4 N–H and O–H groups in total. The summed E-state index contributed by atoms with van der Waals surface area (Å²) in [6.07, 6.45) is 6.02. The SMILES string of the molecule is CCN(C(=O)C=Cc1c(Cc2cccnc2)c(N)c(C)c(S(=O)(=O)c2ccc(OC)cc2)c1C(=O)NO)c1ccccc1. The number of hydrogen-bond acceptors (Lipinski definition) is 8. The molecule has 0 aliphatic heterocycles. The standard InChI is InChI=1S/C32H32N4O6S/c1-4-36(23-10-6-5-7-11-23)28(37)17-16-26-27(19-22-9-8-18-34-20-22)30(33)21(2)31(29(26)32(38)35-39)43(40,41)25-14-12-24(42-3)13-15-25/h5-18,20,39H,4,19,33H2,1-3H3,(H,35,38). The second kappa shape index (κ2) is 13.3. The molecule has 0 saturated carbocycles. The van der Waals surface area contributed by atoms with E-state index in [1.54, 1.807) is 36.1 Å². The van der Waals surface area contributed by atoms with Crippen molar-refractivity contribution in [1.82, 2.24) is 10.5 Å². The predicted octanol–water partition coefficient (Wildman–Crippen LogP) is 4.59. The summed E-state index contributed by atoms with van der Waals surface area (Å²) in [4.78, 5) is 31.9. The number of anilines is 2. The Morgan fingerprint density at radius 2 is 1.77 bits per heavy atom. The molecule has 0 aliphatic rings. The smallest absolute Gasteiger partial charge is 0.276 e. The lowest BCUT2D eigenvalue weighted by atomic mass is 9.91. The maximum Gasteiger partial charge on any atom is 0.276 e. The Hall–Kier alpha value is -5.00. The van der Waals surface area contributed by atoms with Crippen molar-refractivity contribution in [3.8, 4) is 5.75 Å². The van der Waals surface area contributed by atoms with E-state index in [9.17, 15) is 23.2 Å². The number of nitrogen functional groups attached to an aromatic ring is 1. The summed E-state index contributed by atoms with van der Waals surface area (Å²) in [5, 5.41) is 9.78. The number of aromatic nitrogens is 1. The highest BCUT2D eigenvalue weighted by molar-refractivity contribution is 7.91. The van der Waals surface area contributed by atoms with Crippen LogP contribution in [0.5, 0.6) is 5.75 Å². The lowest BCUT2D eigenvalue weighted by molar-refractivity contribution is -0.114. The summed E-state index contributed by atoms with van der Waals surface area (Å²) in [6.45, 7) is 3.67. The molecule has 43 heavy (non-hydrogen) atoms. The number of nitrogens with one attached hydrogen (secondary N) is 1. The molecule has 1 heterocycles. The number of para-hydroxylation sites is 1. The van der Waals surface area contributed by atoms with E-state index < -0.39 is 21.7 Å². The number of methoxy groups -OCH3 is 1. The Labute approximate surface area is 250 Å². The zero-order chi connectivity index (χ0) is 31.1. The van der Waals surface area contributed by atoms with Gasteiger partial charge in [-0.3, -0.25) is 19.8 Å². The molecule has 0 radical (unpaired) electrons. The van der Waals surface area contributed by atoms with Gasteiger partial charge in [-0.25, -0.2) is 13.9 Å². The first kappa shape index (κ1) is 30.9. The molecule has 0 fully saturated rings. The molecule has 11 heteroatoms. The van der Waals surface area contributed by atoms with Crippen molar-refractivity contribution in [3.63, 3.8) is 0 Å². The minimum Gasteiger partial charge on any atom is -0.497 e. The van der Waals surface area contributed by atoms with E-state index in [2.05, 4.69) is 4.98 Å². The van der Waals surface area contributed by atoms with Crippen LogP contribution in [0.4, 0.5) is 11.4 Å². The lowest BCUT2D eigenvalue weighted by Gasteiger charge is -2.22. The zero-order valence-corrected chi connectivity index (χ0v) is 24.8. The van der Waals surface area contributed by atoms with E-state index in [4.69, 9.17) is 10.5 Å². The number of amides is 2. The number of nitrogens with two attached hydrogens (primary N) is 1. The first-order valence-electron chi connectivity index (χ1n) is 13.4. The first-order valence-corrected chi connectivity index (χ1v) is 14.8. The highest BCUT2D eigenvalue weighted by atomic mass is 32.2. The molecule has 2 amide bonds. The van der Waals surface area contributed by atoms with E-state index in [-0.39, 0.29) is 38.6 Å². The van der Waals surface area contributed by atoms with Gasteiger partial charge in [0.05, 0.1) is 22.5 Å². The molecule has 4 rings (SSSR count). The fourth-order valence-corrected chi connectivity index (χ4v) is 6.56. The summed E-state index contributed by atoms with van der Waals surface area (Å²) in [7, 11) is -2.91. The second-order valence-corrected chi connectivity index (χ2v) is 11.4. The van der Waals surface area contributed by atoms with E-state index in [1.807, 2.05) is 31.2 Å². The van der Waals surface area contributed by atoms with Crippen LogP contribution in [0.25, 0.3) is 6.08 Å². The van der Waals surface area contributed by atoms with Gasteiger partial charge in [-0.1, -0.05) is 24.3 Å². The van der Waals surface area contributed by atoms with Gasteiger partial charge in [-0.05, 0) is 84.6 Å². The van der Waals surface area contributed by atoms with E-state index in [0.717, 1.165) is 5.56 Å². The molecule has 0 bridgehead atoms. The molecule has 4 aromatic rings. The fraction of sp³-hybridized carbons (Fsp3) is 0.156. The normalized spacial score (nSPS) is 11.3. The third-order valence-electron chi connectivity index (χ3n) is 7.00. The van der Waals surface area contributed by atoms with Crippen LogP contribution in [0.15, 0.2) is 95.0 Å². The van der Waals surface area contributed by atoms with Gasteiger partial charge in [0.25, 0.3) is 11.8 Å². The van der Waals surface area contributed by atoms with E-state index in [0.29, 0.717) is 23.5 Å². The Bertz CT molecular complexity index is 1760. The fourth-order valence-electron chi connectivity index (χ4n) is 4.84. The van der Waals surface area contributed by atoms with E-state index in [1.165, 1.54) is 55.4 Å². The van der Waals surface area contributed by atoms with Gasteiger partial charge in [-0.2, -0.15) is 0 Å². The number of carbonyl (C=O) groups excluding carboxylic acids is 2. The maximum atomic E-state index is 14.1. The third kappa shape index (κ3) is 6.42. The van der Waals surface area contributed by atoms with Gasteiger partial charge < -0.3 is 15.4 Å². The topological polar surface area (TPSA) is 152 Å². The number of nitrogens with zero attached hydrogens (tertiary/aromatic N) is 2. The lowest BCUT2D eigenvalue weighted by Crippen LogP contribution is -2.29. The molecule has 3 aromatic carbocycles. The Balaban J connectivity index is 1.99. The summed E-state index contributed by atoms with van der Waals surface area (Å²) in [6, 6.07) is 18.2. The van der Waals surface area contributed by atoms with Crippen LogP contribution in [0.3, 0.4) is 0 Å². The molecule has 0 unspecified atom stereocenters. The number of carbonyl (C=O) groups is 2. The molecule has 1 aromatic heterocycles. The van der Waals surface area contributed by atoms with Crippen molar-refractivity contribution in [2.75, 3.05) is 24.3 Å². The van der Waals surface area contributed by atoms with Crippen molar-refractivity contribution in [2.45, 2.75) is 30.1 Å². The minimum absolute atomic E-state index is 0.0723. The third-order valence-corrected chi connectivity index (χ3v) is 8.95. The molecule has 0 saturated heterocycles. The number of pyridine rings is 1. The molecule has 0 spiro atoms. The minimum atomic E-state index is -4.37. The van der Waals surface area contributed by atoms with Gasteiger partial charge in [0.1, 0.15) is 5.75 Å². The number of benzene rings is 3. The summed E-state index contributed by atoms with van der Waals surface area (Å²) >= 11 is 0. The first-order chi connectivity index (χ1) is 20.6. The molecule has 0 aliphatic carbocycles. The molecular weight excluding hydrogens is 568 g/mol.